The molecule has 0 amide bonds. The Labute approximate surface area is 125 Å². The third-order valence-electron chi connectivity index (χ3n) is 3.18. The lowest BCUT2D eigenvalue weighted by molar-refractivity contribution is 0.602. The molecule has 0 saturated heterocycles. The lowest BCUT2D eigenvalue weighted by Crippen LogP contribution is -2.24. The first-order valence-electron chi connectivity index (χ1n) is 6.91. The van der Waals surface area contributed by atoms with Crippen molar-refractivity contribution in [3.05, 3.63) is 53.3 Å². The summed E-state index contributed by atoms with van der Waals surface area (Å²) in [7, 11) is 0. The summed E-state index contributed by atoms with van der Waals surface area (Å²) in [5.41, 5.74) is 4.00. The Morgan fingerprint density at radius 3 is 2.65 bits per heavy atom. The van der Waals surface area contributed by atoms with Gasteiger partial charge in [0.1, 0.15) is 0 Å². The molecule has 0 aliphatic rings. The Morgan fingerprint density at radius 1 is 1.20 bits per heavy atom. The van der Waals surface area contributed by atoms with Crippen LogP contribution in [0.25, 0.3) is 0 Å². The van der Waals surface area contributed by atoms with Crippen LogP contribution in [0.5, 0.6) is 0 Å². The number of hydrogen-bond donors (Lipinski definition) is 1. The van der Waals surface area contributed by atoms with Crippen LogP contribution in [0.3, 0.4) is 0 Å². The minimum Gasteiger partial charge on any atom is -0.309 e. The molecule has 2 aromatic rings. The van der Waals surface area contributed by atoms with Gasteiger partial charge in [0.2, 0.25) is 0 Å². The second-order valence-electron chi connectivity index (χ2n) is 4.81. The quantitative estimate of drug-likeness (QED) is 0.651. The highest BCUT2D eigenvalue weighted by molar-refractivity contribution is 7.99. The summed E-state index contributed by atoms with van der Waals surface area (Å²) in [6.07, 6.45) is 3.57. The van der Waals surface area contributed by atoms with Crippen molar-refractivity contribution in [1.82, 2.24) is 15.3 Å². The van der Waals surface area contributed by atoms with E-state index in [0.29, 0.717) is 6.04 Å². The molecule has 0 radical (unpaired) electrons. The van der Waals surface area contributed by atoms with Crippen molar-refractivity contribution in [2.45, 2.75) is 32.0 Å². The minimum atomic E-state index is 0.328. The normalized spacial score (nSPS) is 12.3. The fourth-order valence-electron chi connectivity index (χ4n) is 2.16. The van der Waals surface area contributed by atoms with Crippen molar-refractivity contribution in [3.63, 3.8) is 0 Å². The van der Waals surface area contributed by atoms with Gasteiger partial charge in [-0.25, -0.2) is 9.97 Å². The highest BCUT2D eigenvalue weighted by atomic mass is 32.2. The first-order chi connectivity index (χ1) is 9.70. The molecule has 1 atom stereocenters. The third kappa shape index (κ3) is 4.05. The number of benzene rings is 1. The molecule has 106 valence electrons. The van der Waals surface area contributed by atoms with Crippen LogP contribution in [-0.2, 0) is 0 Å². The zero-order valence-electron chi connectivity index (χ0n) is 12.3. The molecular formula is C16H21N3S. The van der Waals surface area contributed by atoms with E-state index in [1.54, 1.807) is 24.2 Å². The standard InChI is InChI=1S/C16H21N3S/c1-4-17-15(11-20-16-18-8-5-9-19-16)14-10-12(2)6-7-13(14)3/h5-10,15,17H,4,11H2,1-3H3. The van der Waals surface area contributed by atoms with Crippen LogP contribution in [0.4, 0.5) is 0 Å². The summed E-state index contributed by atoms with van der Waals surface area (Å²) in [4.78, 5) is 8.54. The lowest BCUT2D eigenvalue weighted by atomic mass is 10.00. The Bertz CT molecular complexity index is 543. The summed E-state index contributed by atoms with van der Waals surface area (Å²) in [5, 5.41) is 4.39. The Balaban J connectivity index is 2.12. The molecule has 1 unspecified atom stereocenters. The van der Waals surface area contributed by atoms with Crippen LogP contribution in [0.15, 0.2) is 41.8 Å². The maximum absolute atomic E-state index is 4.27. The van der Waals surface area contributed by atoms with E-state index >= 15 is 0 Å². The van der Waals surface area contributed by atoms with E-state index in [4.69, 9.17) is 0 Å². The number of aromatic nitrogens is 2. The monoisotopic (exact) mass is 287 g/mol. The predicted molar refractivity (Wildman–Crippen MR) is 85.1 cm³/mol. The third-order valence-corrected chi connectivity index (χ3v) is 4.15. The summed E-state index contributed by atoms with van der Waals surface area (Å²) >= 11 is 1.69. The minimum absolute atomic E-state index is 0.328. The second-order valence-corrected chi connectivity index (χ2v) is 5.80. The maximum atomic E-state index is 4.27. The molecular weight excluding hydrogens is 266 g/mol. The van der Waals surface area contributed by atoms with Gasteiger partial charge in [-0.05, 0) is 37.6 Å². The van der Waals surface area contributed by atoms with E-state index in [0.717, 1.165) is 17.5 Å². The van der Waals surface area contributed by atoms with Gasteiger partial charge in [-0.3, -0.25) is 0 Å². The molecule has 3 nitrogen and oxygen atoms in total. The van der Waals surface area contributed by atoms with Gasteiger partial charge in [0, 0.05) is 24.2 Å². The highest BCUT2D eigenvalue weighted by Gasteiger charge is 2.14. The average molecular weight is 287 g/mol. The molecule has 20 heavy (non-hydrogen) atoms. The van der Waals surface area contributed by atoms with Crippen molar-refractivity contribution in [3.8, 4) is 0 Å². The number of nitrogens with one attached hydrogen (secondary N) is 1. The van der Waals surface area contributed by atoms with E-state index in [2.05, 4.69) is 54.3 Å². The first kappa shape index (κ1) is 15.0. The van der Waals surface area contributed by atoms with Crippen LogP contribution in [0.2, 0.25) is 0 Å². The molecule has 0 spiro atoms. The summed E-state index contributed by atoms with van der Waals surface area (Å²) in [6, 6.07) is 8.80. The Hall–Kier alpha value is -1.39. The van der Waals surface area contributed by atoms with Gasteiger partial charge >= 0.3 is 0 Å². The zero-order chi connectivity index (χ0) is 14.4. The molecule has 1 aromatic carbocycles. The number of aryl methyl sites for hydroxylation is 2. The molecule has 1 heterocycles. The Morgan fingerprint density at radius 2 is 1.95 bits per heavy atom. The molecule has 0 bridgehead atoms. The van der Waals surface area contributed by atoms with Crippen molar-refractivity contribution >= 4 is 11.8 Å². The van der Waals surface area contributed by atoms with Crippen LogP contribution < -0.4 is 5.32 Å². The summed E-state index contributed by atoms with van der Waals surface area (Å²) in [5.74, 6) is 0.933. The molecule has 4 heteroatoms. The molecule has 1 aromatic heterocycles. The van der Waals surface area contributed by atoms with Crippen molar-refractivity contribution in [1.29, 1.82) is 0 Å². The fraction of sp³-hybridized carbons (Fsp3) is 0.375. The molecule has 1 N–H and O–H groups in total. The SMILES string of the molecule is CCNC(CSc1ncccn1)c1cc(C)ccc1C. The number of thioether (sulfide) groups is 1. The van der Waals surface area contributed by atoms with E-state index in [1.165, 1.54) is 16.7 Å². The maximum Gasteiger partial charge on any atom is 0.187 e. The number of nitrogens with zero attached hydrogens (tertiary/aromatic N) is 2. The van der Waals surface area contributed by atoms with Crippen LogP contribution in [-0.4, -0.2) is 22.3 Å². The van der Waals surface area contributed by atoms with Gasteiger partial charge < -0.3 is 5.32 Å². The van der Waals surface area contributed by atoms with Gasteiger partial charge in [-0.2, -0.15) is 0 Å². The summed E-state index contributed by atoms with van der Waals surface area (Å²) in [6.45, 7) is 7.40. The van der Waals surface area contributed by atoms with Gasteiger partial charge in [-0.15, -0.1) is 0 Å². The Kier molecular flexibility index (Phi) is 5.56. The summed E-state index contributed by atoms with van der Waals surface area (Å²) < 4.78 is 0. The highest BCUT2D eigenvalue weighted by Crippen LogP contribution is 2.25. The first-order valence-corrected chi connectivity index (χ1v) is 7.89. The van der Waals surface area contributed by atoms with E-state index in [9.17, 15) is 0 Å². The number of rotatable bonds is 6. The van der Waals surface area contributed by atoms with E-state index in [-0.39, 0.29) is 0 Å². The molecule has 0 aliphatic carbocycles. The largest absolute Gasteiger partial charge is 0.309 e. The van der Waals surface area contributed by atoms with Gasteiger partial charge in [0.05, 0.1) is 0 Å². The average Bonchev–Trinajstić information content (AvgIpc) is 2.47. The van der Waals surface area contributed by atoms with E-state index < -0.39 is 0 Å². The lowest BCUT2D eigenvalue weighted by Gasteiger charge is -2.20. The van der Waals surface area contributed by atoms with Crippen molar-refractivity contribution in [2.75, 3.05) is 12.3 Å². The predicted octanol–water partition coefficient (Wildman–Crippen LogP) is 3.54. The zero-order valence-corrected chi connectivity index (χ0v) is 13.1. The van der Waals surface area contributed by atoms with Crippen molar-refractivity contribution < 1.29 is 0 Å². The van der Waals surface area contributed by atoms with Crippen molar-refractivity contribution in [2.24, 2.45) is 0 Å². The van der Waals surface area contributed by atoms with Crippen LogP contribution in [0.1, 0.15) is 29.7 Å². The molecule has 0 aliphatic heterocycles. The number of hydrogen-bond acceptors (Lipinski definition) is 4. The topological polar surface area (TPSA) is 37.8 Å². The second kappa shape index (κ2) is 7.41. The van der Waals surface area contributed by atoms with E-state index in [1.807, 2.05) is 6.07 Å². The van der Waals surface area contributed by atoms with Crippen LogP contribution >= 0.6 is 11.8 Å². The molecule has 0 fully saturated rings. The van der Waals surface area contributed by atoms with Gasteiger partial charge in [-0.1, -0.05) is 42.4 Å². The smallest absolute Gasteiger partial charge is 0.187 e. The van der Waals surface area contributed by atoms with Gasteiger partial charge in [0.25, 0.3) is 0 Å². The fourth-order valence-corrected chi connectivity index (χ4v) is 3.04. The van der Waals surface area contributed by atoms with Gasteiger partial charge in [0.15, 0.2) is 5.16 Å². The van der Waals surface area contributed by atoms with Crippen LogP contribution in [0, 0.1) is 13.8 Å². The molecule has 2 rings (SSSR count). The molecule has 0 saturated carbocycles.